The van der Waals surface area contributed by atoms with Crippen molar-refractivity contribution in [2.75, 3.05) is 45.3 Å². The lowest BCUT2D eigenvalue weighted by Crippen LogP contribution is -2.49. The van der Waals surface area contributed by atoms with Gasteiger partial charge in [0.05, 0.1) is 20.0 Å². The number of nitrogens with zero attached hydrogens (tertiary/aromatic N) is 2. The molecule has 0 unspecified atom stereocenters. The number of hydrogen-bond donors (Lipinski definition) is 0. The van der Waals surface area contributed by atoms with Gasteiger partial charge in [-0.05, 0) is 29.8 Å². The fourth-order valence-electron chi connectivity index (χ4n) is 3.13. The number of piperazine rings is 1. The van der Waals surface area contributed by atoms with E-state index >= 15 is 0 Å². The van der Waals surface area contributed by atoms with Gasteiger partial charge in [-0.25, -0.2) is 12.8 Å². The Morgan fingerprint density at radius 2 is 1.56 bits per heavy atom. The smallest absolute Gasteiger partial charge is 0.218 e. The van der Waals surface area contributed by atoms with Gasteiger partial charge in [-0.1, -0.05) is 12.1 Å². The second-order valence-corrected chi connectivity index (χ2v) is 8.28. The van der Waals surface area contributed by atoms with Gasteiger partial charge < -0.3 is 14.4 Å². The number of ether oxygens (including phenoxy) is 2. The van der Waals surface area contributed by atoms with Crippen molar-refractivity contribution in [2.24, 2.45) is 0 Å². The van der Waals surface area contributed by atoms with Crippen LogP contribution in [0, 0.1) is 5.82 Å². The third-order valence-corrected chi connectivity index (χ3v) is 6.48. The number of anilines is 1. The molecule has 3 rings (SSSR count). The maximum Gasteiger partial charge on any atom is 0.218 e. The third-order valence-electron chi connectivity index (χ3n) is 4.63. The number of methoxy groups -OCH3 is 2. The lowest BCUT2D eigenvalue weighted by Gasteiger charge is -2.35. The van der Waals surface area contributed by atoms with Crippen molar-refractivity contribution < 1.29 is 22.3 Å². The van der Waals surface area contributed by atoms with Gasteiger partial charge in [0.2, 0.25) is 10.0 Å². The fraction of sp³-hybridized carbons (Fsp3) is 0.368. The van der Waals surface area contributed by atoms with Crippen molar-refractivity contribution in [3.05, 3.63) is 53.8 Å². The van der Waals surface area contributed by atoms with E-state index in [0.717, 1.165) is 5.69 Å². The predicted octanol–water partition coefficient (Wildman–Crippen LogP) is 2.49. The van der Waals surface area contributed by atoms with E-state index in [2.05, 4.69) is 4.90 Å². The zero-order chi connectivity index (χ0) is 19.4. The first-order chi connectivity index (χ1) is 12.9. The summed E-state index contributed by atoms with van der Waals surface area (Å²) in [6.07, 6.45) is 0. The zero-order valence-electron chi connectivity index (χ0n) is 15.4. The van der Waals surface area contributed by atoms with Crippen molar-refractivity contribution in [3.8, 4) is 11.5 Å². The Kier molecular flexibility index (Phi) is 5.86. The summed E-state index contributed by atoms with van der Waals surface area (Å²) in [7, 11) is -0.268. The van der Waals surface area contributed by atoms with Crippen LogP contribution < -0.4 is 14.4 Å². The topological polar surface area (TPSA) is 59.1 Å². The summed E-state index contributed by atoms with van der Waals surface area (Å²) < 4.78 is 50.4. The Labute approximate surface area is 159 Å². The molecule has 0 aliphatic carbocycles. The number of hydrogen-bond acceptors (Lipinski definition) is 5. The lowest BCUT2D eigenvalue weighted by molar-refractivity contribution is 0.354. The highest BCUT2D eigenvalue weighted by Crippen LogP contribution is 2.32. The molecule has 1 saturated heterocycles. The predicted molar refractivity (Wildman–Crippen MR) is 102 cm³/mol. The highest BCUT2D eigenvalue weighted by Gasteiger charge is 2.27. The van der Waals surface area contributed by atoms with Crippen LogP contribution in [0.2, 0.25) is 0 Å². The average molecular weight is 394 g/mol. The molecule has 27 heavy (non-hydrogen) atoms. The van der Waals surface area contributed by atoms with Crippen molar-refractivity contribution in [3.63, 3.8) is 0 Å². The van der Waals surface area contributed by atoms with E-state index in [1.54, 1.807) is 14.2 Å². The van der Waals surface area contributed by atoms with Crippen molar-refractivity contribution in [1.82, 2.24) is 4.31 Å². The quantitative estimate of drug-likeness (QED) is 0.754. The fourth-order valence-corrected chi connectivity index (χ4v) is 4.64. The monoisotopic (exact) mass is 394 g/mol. The molecule has 0 aromatic heterocycles. The Bertz CT molecular complexity index is 879. The van der Waals surface area contributed by atoms with Gasteiger partial charge in [-0.2, -0.15) is 4.31 Å². The molecular formula is C19H23FN2O4S. The minimum absolute atomic E-state index is 0.121. The summed E-state index contributed by atoms with van der Waals surface area (Å²) in [6, 6.07) is 11.2. The molecule has 0 bridgehead atoms. The molecule has 2 aromatic rings. The summed E-state index contributed by atoms with van der Waals surface area (Å²) in [5.74, 6) is 0.798. The molecule has 0 amide bonds. The molecule has 0 atom stereocenters. The van der Waals surface area contributed by atoms with Gasteiger partial charge in [0.25, 0.3) is 0 Å². The first kappa shape index (κ1) is 19.4. The molecule has 1 heterocycles. The van der Waals surface area contributed by atoms with Crippen LogP contribution in [-0.4, -0.2) is 53.1 Å². The molecule has 0 radical (unpaired) electrons. The van der Waals surface area contributed by atoms with Crippen molar-refractivity contribution in [2.45, 2.75) is 5.75 Å². The van der Waals surface area contributed by atoms with Gasteiger partial charge in [-0.15, -0.1) is 0 Å². The molecule has 2 aromatic carbocycles. The van der Waals surface area contributed by atoms with Crippen LogP contribution in [0.3, 0.4) is 0 Å². The van der Waals surface area contributed by atoms with Gasteiger partial charge in [0.15, 0.2) is 11.5 Å². The standard InChI is InChI=1S/C19H23FN2O4S/c1-25-18-8-7-17(13-19(18)26-2)21-9-11-22(12-10-21)27(23,24)14-15-3-5-16(20)6-4-15/h3-8,13H,9-12,14H2,1-2H3. The summed E-state index contributed by atoms with van der Waals surface area (Å²) in [5, 5.41) is 0. The Morgan fingerprint density at radius 1 is 0.926 bits per heavy atom. The van der Waals surface area contributed by atoms with Crippen LogP contribution in [0.15, 0.2) is 42.5 Å². The van der Waals surface area contributed by atoms with Crippen LogP contribution in [0.4, 0.5) is 10.1 Å². The maximum atomic E-state index is 13.0. The van der Waals surface area contributed by atoms with E-state index in [4.69, 9.17) is 9.47 Å². The molecular weight excluding hydrogens is 371 g/mol. The molecule has 6 nitrogen and oxygen atoms in total. The molecule has 1 fully saturated rings. The molecule has 0 spiro atoms. The summed E-state index contributed by atoms with van der Waals surface area (Å²) in [6.45, 7) is 1.96. The second-order valence-electron chi connectivity index (χ2n) is 6.31. The van der Waals surface area contributed by atoms with E-state index in [0.29, 0.717) is 43.2 Å². The summed E-state index contributed by atoms with van der Waals surface area (Å²) >= 11 is 0. The molecule has 0 N–H and O–H groups in total. The first-order valence-corrected chi connectivity index (χ1v) is 10.2. The van der Waals surface area contributed by atoms with Crippen LogP contribution in [-0.2, 0) is 15.8 Å². The molecule has 146 valence electrons. The lowest BCUT2D eigenvalue weighted by atomic mass is 10.2. The minimum atomic E-state index is -3.44. The first-order valence-electron chi connectivity index (χ1n) is 8.62. The molecule has 1 aliphatic heterocycles. The van der Waals surface area contributed by atoms with Crippen molar-refractivity contribution in [1.29, 1.82) is 0 Å². The molecule has 8 heteroatoms. The summed E-state index contributed by atoms with van der Waals surface area (Å²) in [4.78, 5) is 2.12. The second kappa shape index (κ2) is 8.14. The van der Waals surface area contributed by atoms with Crippen LogP contribution >= 0.6 is 0 Å². The van der Waals surface area contributed by atoms with Gasteiger partial charge in [0, 0.05) is 37.9 Å². The largest absolute Gasteiger partial charge is 0.493 e. The number of benzene rings is 2. The van der Waals surface area contributed by atoms with Crippen LogP contribution in [0.25, 0.3) is 0 Å². The number of halogens is 1. The van der Waals surface area contributed by atoms with E-state index in [9.17, 15) is 12.8 Å². The normalized spacial score (nSPS) is 15.6. The van der Waals surface area contributed by atoms with Gasteiger partial charge in [0.1, 0.15) is 5.82 Å². The van der Waals surface area contributed by atoms with E-state index in [-0.39, 0.29) is 11.6 Å². The van der Waals surface area contributed by atoms with E-state index in [1.165, 1.54) is 28.6 Å². The van der Waals surface area contributed by atoms with Gasteiger partial charge in [-0.3, -0.25) is 0 Å². The SMILES string of the molecule is COc1ccc(N2CCN(S(=O)(=O)Cc3ccc(F)cc3)CC2)cc1OC. The Hall–Kier alpha value is -2.32. The maximum absolute atomic E-state index is 13.0. The molecule has 0 saturated carbocycles. The zero-order valence-corrected chi connectivity index (χ0v) is 16.2. The third kappa shape index (κ3) is 4.51. The highest BCUT2D eigenvalue weighted by molar-refractivity contribution is 7.88. The number of sulfonamides is 1. The summed E-state index contributed by atoms with van der Waals surface area (Å²) in [5.41, 5.74) is 1.54. The molecule has 1 aliphatic rings. The minimum Gasteiger partial charge on any atom is -0.493 e. The Balaban J connectivity index is 1.65. The van der Waals surface area contributed by atoms with Crippen LogP contribution in [0.1, 0.15) is 5.56 Å². The van der Waals surface area contributed by atoms with Crippen molar-refractivity contribution >= 4 is 15.7 Å². The van der Waals surface area contributed by atoms with Gasteiger partial charge >= 0.3 is 0 Å². The average Bonchev–Trinajstić information content (AvgIpc) is 2.69. The van der Waals surface area contributed by atoms with Crippen LogP contribution in [0.5, 0.6) is 11.5 Å². The number of rotatable bonds is 6. The van der Waals surface area contributed by atoms with E-state index < -0.39 is 10.0 Å². The highest BCUT2D eigenvalue weighted by atomic mass is 32.2. The Morgan fingerprint density at radius 3 is 2.15 bits per heavy atom. The van der Waals surface area contributed by atoms with E-state index in [1.807, 2.05) is 18.2 Å².